The minimum absolute atomic E-state index is 0.239. The molecule has 0 saturated carbocycles. The average molecular weight is 346 g/mol. The van der Waals surface area contributed by atoms with E-state index in [1.165, 1.54) is 0 Å². The largest absolute Gasteiger partial charge is 0.321 e. The highest BCUT2D eigenvalue weighted by atomic mass is 79.9. The van der Waals surface area contributed by atoms with Gasteiger partial charge in [0.25, 0.3) is 5.91 Å². The van der Waals surface area contributed by atoms with E-state index >= 15 is 0 Å². The van der Waals surface area contributed by atoms with Crippen LogP contribution in [-0.2, 0) is 6.67 Å². The Hall–Kier alpha value is -2.41. The monoisotopic (exact) mass is 345 g/mol. The van der Waals surface area contributed by atoms with Crippen molar-refractivity contribution in [3.8, 4) is 0 Å². The predicted octanol–water partition coefficient (Wildman–Crippen LogP) is 2.60. The molecule has 0 spiro atoms. The van der Waals surface area contributed by atoms with Crippen molar-refractivity contribution >= 4 is 27.5 Å². The molecule has 0 radical (unpaired) electrons. The fourth-order valence-electron chi connectivity index (χ4n) is 1.82. The Morgan fingerprint density at radius 1 is 1.14 bits per heavy atom. The first-order valence-corrected chi connectivity index (χ1v) is 7.08. The minimum Gasteiger partial charge on any atom is -0.321 e. The van der Waals surface area contributed by atoms with E-state index in [0.29, 0.717) is 12.4 Å². The number of hydrogen-bond donors (Lipinski definition) is 1. The second-order valence-electron chi connectivity index (χ2n) is 4.39. The zero-order valence-corrected chi connectivity index (χ0v) is 12.6. The van der Waals surface area contributed by atoms with Crippen LogP contribution in [0.5, 0.6) is 0 Å². The van der Waals surface area contributed by atoms with Crippen molar-refractivity contribution in [1.29, 1.82) is 0 Å². The van der Waals surface area contributed by atoms with Crippen LogP contribution in [0, 0.1) is 0 Å². The van der Waals surface area contributed by atoms with Crippen LogP contribution in [0.2, 0.25) is 0 Å². The maximum atomic E-state index is 12.1. The number of hydrogen-bond acceptors (Lipinski definition) is 3. The number of carbonyl (C=O) groups is 1. The fraction of sp³-hybridized carbons (Fsp3) is 0.0714. The highest BCUT2D eigenvalue weighted by Gasteiger charge is 2.10. The second kappa shape index (κ2) is 5.92. The number of carbonyl (C=O) groups excluding carboxylic acids is 1. The van der Waals surface area contributed by atoms with E-state index in [-0.39, 0.29) is 5.91 Å². The highest BCUT2D eigenvalue weighted by Crippen LogP contribution is 2.14. The van der Waals surface area contributed by atoms with Crippen molar-refractivity contribution < 1.29 is 4.79 Å². The van der Waals surface area contributed by atoms with Crippen LogP contribution in [-0.4, -0.2) is 25.5 Å². The molecule has 2 aromatic heterocycles. The lowest BCUT2D eigenvalue weighted by Gasteiger charge is -2.03. The van der Waals surface area contributed by atoms with Gasteiger partial charge in [0.1, 0.15) is 6.67 Å². The molecule has 106 valence electrons. The standard InChI is InChI=1S/C14H12BrN5O/c15-11-2-4-12(5-3-11)17-14(21)13-6-9-20(18-13)10-19-8-1-7-16-19/h1-9H,10H2,(H,17,21). The summed E-state index contributed by atoms with van der Waals surface area (Å²) >= 11 is 3.35. The summed E-state index contributed by atoms with van der Waals surface area (Å²) in [6.07, 6.45) is 5.28. The Labute approximate surface area is 129 Å². The number of amides is 1. The van der Waals surface area contributed by atoms with Gasteiger partial charge in [0.05, 0.1) is 0 Å². The molecule has 1 aromatic carbocycles. The molecule has 0 fully saturated rings. The number of nitrogens with zero attached hydrogens (tertiary/aromatic N) is 4. The Bertz CT molecular complexity index is 733. The van der Waals surface area contributed by atoms with Crippen molar-refractivity contribution in [2.45, 2.75) is 6.67 Å². The molecule has 1 N–H and O–H groups in total. The van der Waals surface area contributed by atoms with E-state index < -0.39 is 0 Å². The van der Waals surface area contributed by atoms with Crippen molar-refractivity contribution in [1.82, 2.24) is 19.6 Å². The molecule has 0 unspecified atom stereocenters. The number of nitrogens with one attached hydrogen (secondary N) is 1. The average Bonchev–Trinajstić information content (AvgIpc) is 3.13. The molecule has 3 aromatic rings. The van der Waals surface area contributed by atoms with Crippen LogP contribution in [0.25, 0.3) is 0 Å². The van der Waals surface area contributed by atoms with Gasteiger partial charge in [0.2, 0.25) is 0 Å². The number of halogens is 1. The first kappa shape index (κ1) is 13.6. The summed E-state index contributed by atoms with van der Waals surface area (Å²) < 4.78 is 4.34. The molecule has 3 rings (SSSR count). The van der Waals surface area contributed by atoms with Crippen molar-refractivity contribution in [2.75, 3.05) is 5.32 Å². The van der Waals surface area contributed by atoms with Crippen molar-refractivity contribution in [3.05, 3.63) is 65.2 Å². The van der Waals surface area contributed by atoms with Crippen LogP contribution < -0.4 is 5.32 Å². The maximum Gasteiger partial charge on any atom is 0.276 e. The lowest BCUT2D eigenvalue weighted by atomic mass is 10.3. The Balaban J connectivity index is 1.67. The Kier molecular flexibility index (Phi) is 3.83. The van der Waals surface area contributed by atoms with E-state index in [9.17, 15) is 4.79 Å². The molecular formula is C14H12BrN5O. The lowest BCUT2D eigenvalue weighted by molar-refractivity contribution is 0.102. The summed E-state index contributed by atoms with van der Waals surface area (Å²) in [6, 6.07) is 10.9. The SMILES string of the molecule is O=C(Nc1ccc(Br)cc1)c1ccn(Cn2cccn2)n1. The van der Waals surface area contributed by atoms with Gasteiger partial charge < -0.3 is 5.32 Å². The number of benzene rings is 1. The molecule has 21 heavy (non-hydrogen) atoms. The summed E-state index contributed by atoms with van der Waals surface area (Å²) in [6.45, 7) is 0.471. The van der Waals surface area contributed by atoms with Gasteiger partial charge in [-0.25, -0.2) is 0 Å². The smallest absolute Gasteiger partial charge is 0.276 e. The van der Waals surface area contributed by atoms with E-state index in [1.54, 1.807) is 27.8 Å². The molecular weight excluding hydrogens is 334 g/mol. The van der Waals surface area contributed by atoms with Crippen LogP contribution in [0.4, 0.5) is 5.69 Å². The Morgan fingerprint density at radius 3 is 2.67 bits per heavy atom. The van der Waals surface area contributed by atoms with Crippen molar-refractivity contribution in [2.24, 2.45) is 0 Å². The third kappa shape index (κ3) is 3.38. The lowest BCUT2D eigenvalue weighted by Crippen LogP contribution is -2.14. The normalized spacial score (nSPS) is 10.5. The molecule has 0 atom stereocenters. The number of rotatable bonds is 4. The summed E-state index contributed by atoms with van der Waals surface area (Å²) in [5.74, 6) is -0.239. The topological polar surface area (TPSA) is 64.7 Å². The summed E-state index contributed by atoms with van der Waals surface area (Å²) in [5, 5.41) is 11.1. The van der Waals surface area contributed by atoms with Gasteiger partial charge >= 0.3 is 0 Å². The number of aromatic nitrogens is 4. The fourth-order valence-corrected chi connectivity index (χ4v) is 2.09. The van der Waals surface area contributed by atoms with Gasteiger partial charge in [-0.2, -0.15) is 10.2 Å². The summed E-state index contributed by atoms with van der Waals surface area (Å²) in [5.41, 5.74) is 1.09. The predicted molar refractivity (Wildman–Crippen MR) is 81.9 cm³/mol. The third-order valence-corrected chi connectivity index (χ3v) is 3.35. The van der Waals surface area contributed by atoms with Gasteiger partial charge in [0, 0.05) is 28.8 Å². The van der Waals surface area contributed by atoms with E-state index in [1.807, 2.05) is 36.5 Å². The number of anilines is 1. The first-order chi connectivity index (χ1) is 10.2. The first-order valence-electron chi connectivity index (χ1n) is 6.28. The molecule has 0 aliphatic rings. The molecule has 2 heterocycles. The Morgan fingerprint density at radius 2 is 1.95 bits per heavy atom. The molecule has 0 aliphatic heterocycles. The van der Waals surface area contributed by atoms with Crippen molar-refractivity contribution in [3.63, 3.8) is 0 Å². The molecule has 0 bridgehead atoms. The van der Waals surface area contributed by atoms with Crippen LogP contribution >= 0.6 is 15.9 Å². The zero-order valence-electron chi connectivity index (χ0n) is 11.0. The van der Waals surface area contributed by atoms with Gasteiger partial charge in [-0.1, -0.05) is 15.9 Å². The molecule has 1 amide bonds. The van der Waals surface area contributed by atoms with Gasteiger partial charge in [-0.05, 0) is 36.4 Å². The minimum atomic E-state index is -0.239. The quantitative estimate of drug-likeness (QED) is 0.790. The van der Waals surface area contributed by atoms with Crippen LogP contribution in [0.1, 0.15) is 10.5 Å². The summed E-state index contributed by atoms with van der Waals surface area (Å²) in [7, 11) is 0. The van der Waals surface area contributed by atoms with Gasteiger partial charge in [0.15, 0.2) is 5.69 Å². The summed E-state index contributed by atoms with van der Waals surface area (Å²) in [4.78, 5) is 12.1. The molecule has 7 heteroatoms. The maximum absolute atomic E-state index is 12.1. The second-order valence-corrected chi connectivity index (χ2v) is 5.30. The zero-order chi connectivity index (χ0) is 14.7. The third-order valence-electron chi connectivity index (χ3n) is 2.82. The van der Waals surface area contributed by atoms with E-state index in [2.05, 4.69) is 31.4 Å². The van der Waals surface area contributed by atoms with Gasteiger partial charge in [-0.15, -0.1) is 0 Å². The van der Waals surface area contributed by atoms with Gasteiger partial charge in [-0.3, -0.25) is 14.2 Å². The van der Waals surface area contributed by atoms with Crippen LogP contribution in [0.3, 0.4) is 0 Å². The molecule has 6 nitrogen and oxygen atoms in total. The highest BCUT2D eigenvalue weighted by molar-refractivity contribution is 9.10. The molecule has 0 saturated heterocycles. The molecule has 0 aliphatic carbocycles. The van der Waals surface area contributed by atoms with E-state index in [4.69, 9.17) is 0 Å². The van der Waals surface area contributed by atoms with Crippen LogP contribution in [0.15, 0.2) is 59.5 Å². The van der Waals surface area contributed by atoms with E-state index in [0.717, 1.165) is 10.2 Å².